The number of rotatable bonds is 6. The van der Waals surface area contributed by atoms with E-state index in [-0.39, 0.29) is 17.8 Å². The fraction of sp³-hybridized carbons (Fsp3) is 0.529. The van der Waals surface area contributed by atoms with Gasteiger partial charge in [-0.2, -0.15) is 0 Å². The van der Waals surface area contributed by atoms with Gasteiger partial charge in [-0.05, 0) is 37.5 Å². The molecule has 1 aliphatic rings. The molecule has 1 aromatic carbocycles. The molecule has 0 radical (unpaired) electrons. The van der Waals surface area contributed by atoms with E-state index in [2.05, 4.69) is 0 Å². The molecule has 0 bridgehead atoms. The van der Waals surface area contributed by atoms with Crippen molar-refractivity contribution < 1.29 is 14.3 Å². The molecule has 1 atom stereocenters. The molecule has 1 aromatic rings. The van der Waals surface area contributed by atoms with Crippen LogP contribution in [0.3, 0.4) is 0 Å². The van der Waals surface area contributed by atoms with E-state index >= 15 is 0 Å². The topological polar surface area (TPSA) is 46.6 Å². The first-order valence-corrected chi connectivity index (χ1v) is 9.88. The predicted octanol–water partition coefficient (Wildman–Crippen LogP) is 4.03. The van der Waals surface area contributed by atoms with Crippen molar-refractivity contribution in [3.05, 3.63) is 33.8 Å². The highest BCUT2D eigenvalue weighted by Crippen LogP contribution is 2.25. The van der Waals surface area contributed by atoms with Crippen molar-refractivity contribution in [1.82, 2.24) is 4.90 Å². The SMILES string of the molecule is CCOC(=O)[C@H]1CCCN(C(=O)CSCc2ccc(Cl)cc2Cl)C1. The molecular weight excluding hydrogens is 369 g/mol. The van der Waals surface area contributed by atoms with Gasteiger partial charge in [-0.15, -0.1) is 11.8 Å². The summed E-state index contributed by atoms with van der Waals surface area (Å²) < 4.78 is 5.06. The van der Waals surface area contributed by atoms with E-state index in [1.165, 1.54) is 11.8 Å². The highest BCUT2D eigenvalue weighted by atomic mass is 35.5. The van der Waals surface area contributed by atoms with Gasteiger partial charge in [0.05, 0.1) is 18.3 Å². The number of halogens is 2. The zero-order chi connectivity index (χ0) is 17.5. The van der Waals surface area contributed by atoms with Gasteiger partial charge in [0.1, 0.15) is 0 Å². The summed E-state index contributed by atoms with van der Waals surface area (Å²) in [4.78, 5) is 26.0. The maximum atomic E-state index is 12.4. The largest absolute Gasteiger partial charge is 0.466 e. The van der Waals surface area contributed by atoms with E-state index in [9.17, 15) is 9.59 Å². The van der Waals surface area contributed by atoms with Crippen LogP contribution in [0.1, 0.15) is 25.3 Å². The first kappa shape index (κ1) is 19.4. The molecule has 4 nitrogen and oxygen atoms in total. The van der Waals surface area contributed by atoms with E-state index < -0.39 is 0 Å². The van der Waals surface area contributed by atoms with Crippen molar-refractivity contribution in [3.63, 3.8) is 0 Å². The molecule has 0 unspecified atom stereocenters. The van der Waals surface area contributed by atoms with Gasteiger partial charge in [0.15, 0.2) is 0 Å². The lowest BCUT2D eigenvalue weighted by atomic mass is 9.98. The molecule has 1 fully saturated rings. The van der Waals surface area contributed by atoms with Crippen LogP contribution in [0.15, 0.2) is 18.2 Å². The fourth-order valence-corrected chi connectivity index (χ4v) is 4.12. The van der Waals surface area contributed by atoms with Crippen LogP contribution in [0.4, 0.5) is 0 Å². The minimum absolute atomic E-state index is 0.0547. The number of benzene rings is 1. The van der Waals surface area contributed by atoms with Gasteiger partial charge < -0.3 is 9.64 Å². The van der Waals surface area contributed by atoms with Crippen molar-refractivity contribution in [1.29, 1.82) is 0 Å². The lowest BCUT2D eigenvalue weighted by Gasteiger charge is -2.31. The van der Waals surface area contributed by atoms with Crippen LogP contribution < -0.4 is 0 Å². The molecule has 2 rings (SSSR count). The Morgan fingerprint density at radius 1 is 1.38 bits per heavy atom. The van der Waals surface area contributed by atoms with E-state index in [1.54, 1.807) is 24.0 Å². The Morgan fingerprint density at radius 3 is 2.88 bits per heavy atom. The van der Waals surface area contributed by atoms with Crippen molar-refractivity contribution >= 4 is 46.8 Å². The van der Waals surface area contributed by atoms with Gasteiger partial charge in [0, 0.05) is 28.9 Å². The standard InChI is InChI=1S/C17H21Cl2NO3S/c1-2-23-17(22)12-4-3-7-20(9-12)16(21)11-24-10-13-5-6-14(18)8-15(13)19/h5-6,8,12H,2-4,7,9-11H2,1H3/t12-/m0/s1. The third-order valence-corrected chi connectivity index (χ3v) is 5.45. The molecule has 1 heterocycles. The minimum atomic E-state index is -0.199. The number of esters is 1. The van der Waals surface area contributed by atoms with Crippen LogP contribution in [-0.4, -0.2) is 42.2 Å². The number of likely N-dealkylation sites (tertiary alicyclic amines) is 1. The zero-order valence-electron chi connectivity index (χ0n) is 13.6. The number of hydrogen-bond acceptors (Lipinski definition) is 4. The highest BCUT2D eigenvalue weighted by Gasteiger charge is 2.29. The molecule has 0 N–H and O–H groups in total. The van der Waals surface area contributed by atoms with Gasteiger partial charge in [-0.25, -0.2) is 0 Å². The Morgan fingerprint density at radius 2 is 2.17 bits per heavy atom. The molecule has 0 spiro atoms. The summed E-state index contributed by atoms with van der Waals surface area (Å²) in [6.45, 7) is 3.33. The predicted molar refractivity (Wildman–Crippen MR) is 98.6 cm³/mol. The van der Waals surface area contributed by atoms with Crippen LogP contribution >= 0.6 is 35.0 Å². The molecule has 0 aliphatic carbocycles. The van der Waals surface area contributed by atoms with Gasteiger partial charge in [0.2, 0.25) is 5.91 Å². The number of piperidine rings is 1. The number of thioether (sulfide) groups is 1. The maximum Gasteiger partial charge on any atom is 0.310 e. The molecule has 7 heteroatoms. The van der Waals surface area contributed by atoms with Crippen LogP contribution in [0, 0.1) is 5.92 Å². The summed E-state index contributed by atoms with van der Waals surface area (Å²) in [5, 5.41) is 1.21. The number of hydrogen-bond donors (Lipinski definition) is 0. The fourth-order valence-electron chi connectivity index (χ4n) is 2.63. The zero-order valence-corrected chi connectivity index (χ0v) is 15.9. The molecule has 0 aromatic heterocycles. The maximum absolute atomic E-state index is 12.4. The summed E-state index contributed by atoms with van der Waals surface area (Å²) in [6, 6.07) is 5.37. The Kier molecular flexibility index (Phi) is 7.72. The lowest BCUT2D eigenvalue weighted by molar-refractivity contribution is -0.151. The van der Waals surface area contributed by atoms with E-state index in [0.717, 1.165) is 18.4 Å². The molecule has 0 saturated carbocycles. The summed E-state index contributed by atoms with van der Waals surface area (Å²) in [7, 11) is 0. The van der Waals surface area contributed by atoms with Gasteiger partial charge >= 0.3 is 5.97 Å². The van der Waals surface area contributed by atoms with Crippen molar-refractivity contribution in [3.8, 4) is 0 Å². The summed E-state index contributed by atoms with van der Waals surface area (Å²) in [5.41, 5.74) is 0.960. The summed E-state index contributed by atoms with van der Waals surface area (Å²) >= 11 is 13.5. The van der Waals surface area contributed by atoms with Crippen LogP contribution in [-0.2, 0) is 20.1 Å². The van der Waals surface area contributed by atoms with Crippen LogP contribution in [0.2, 0.25) is 10.0 Å². The second-order valence-corrected chi connectivity index (χ2v) is 7.49. The monoisotopic (exact) mass is 389 g/mol. The summed E-state index contributed by atoms with van der Waals surface area (Å²) in [5.74, 6) is 0.679. The van der Waals surface area contributed by atoms with Crippen LogP contribution in [0.5, 0.6) is 0 Å². The highest BCUT2D eigenvalue weighted by molar-refractivity contribution is 7.99. The first-order chi connectivity index (χ1) is 11.5. The number of carbonyl (C=O) groups excluding carboxylic acids is 2. The first-order valence-electron chi connectivity index (χ1n) is 7.97. The van der Waals surface area contributed by atoms with Crippen molar-refractivity contribution in [2.45, 2.75) is 25.5 Å². The van der Waals surface area contributed by atoms with E-state index in [0.29, 0.717) is 41.2 Å². The Balaban J connectivity index is 1.80. The minimum Gasteiger partial charge on any atom is -0.466 e. The number of ether oxygens (including phenoxy) is 1. The third-order valence-electron chi connectivity index (χ3n) is 3.89. The molecule has 24 heavy (non-hydrogen) atoms. The van der Waals surface area contributed by atoms with Crippen molar-refractivity contribution in [2.24, 2.45) is 5.92 Å². The summed E-state index contributed by atoms with van der Waals surface area (Å²) in [6.07, 6.45) is 1.62. The molecular formula is C17H21Cl2NO3S. The van der Waals surface area contributed by atoms with Crippen LogP contribution in [0.25, 0.3) is 0 Å². The average molecular weight is 390 g/mol. The molecule has 1 aliphatic heterocycles. The molecule has 1 saturated heterocycles. The Bertz CT molecular complexity index is 597. The number of amides is 1. The van der Waals surface area contributed by atoms with Gasteiger partial charge in [0.25, 0.3) is 0 Å². The molecule has 1 amide bonds. The normalized spacial score (nSPS) is 17.6. The quantitative estimate of drug-likeness (QED) is 0.689. The second kappa shape index (κ2) is 9.54. The second-order valence-electron chi connectivity index (χ2n) is 5.66. The third kappa shape index (κ3) is 5.57. The number of carbonyl (C=O) groups is 2. The lowest BCUT2D eigenvalue weighted by Crippen LogP contribution is -2.43. The van der Waals surface area contributed by atoms with Crippen molar-refractivity contribution in [2.75, 3.05) is 25.4 Å². The number of nitrogens with zero attached hydrogens (tertiary/aromatic N) is 1. The Labute approximate surface area is 156 Å². The van der Waals surface area contributed by atoms with E-state index in [4.69, 9.17) is 27.9 Å². The molecule has 132 valence electrons. The van der Waals surface area contributed by atoms with Gasteiger partial charge in [-0.3, -0.25) is 9.59 Å². The average Bonchev–Trinajstić information content (AvgIpc) is 2.57. The smallest absolute Gasteiger partial charge is 0.310 e. The Hall–Kier alpha value is -0.910. The van der Waals surface area contributed by atoms with Gasteiger partial charge in [-0.1, -0.05) is 29.3 Å². The van der Waals surface area contributed by atoms with E-state index in [1.807, 2.05) is 6.07 Å².